The van der Waals surface area contributed by atoms with Crippen LogP contribution in [-0.2, 0) is 11.8 Å². The highest BCUT2D eigenvalue weighted by molar-refractivity contribution is 6.09. The minimum atomic E-state index is -0.650. The van der Waals surface area contributed by atoms with E-state index in [-0.39, 0.29) is 29.7 Å². The van der Waals surface area contributed by atoms with Crippen molar-refractivity contribution in [2.45, 2.75) is 50.0 Å². The van der Waals surface area contributed by atoms with Gasteiger partial charge in [0.05, 0.1) is 12.8 Å². The monoisotopic (exact) mass is 517 g/mol. The summed E-state index contributed by atoms with van der Waals surface area (Å²) in [5, 5.41) is 17.5. The number of likely N-dealkylation sites (N-methyl/N-ethyl adjacent to an activating group) is 1. The van der Waals surface area contributed by atoms with Crippen LogP contribution < -0.4 is 20.7 Å². The molecule has 9 nitrogen and oxygen atoms in total. The number of nitrogens with two attached hydrogens (primary N) is 1. The fourth-order valence-electron chi connectivity index (χ4n) is 6.36. The summed E-state index contributed by atoms with van der Waals surface area (Å²) < 4.78 is 6.76. The first-order valence-corrected chi connectivity index (χ1v) is 13.2. The van der Waals surface area contributed by atoms with Gasteiger partial charge in [-0.05, 0) is 74.7 Å². The maximum Gasteiger partial charge on any atom is 0.277 e. The molecule has 1 aliphatic heterocycles. The third kappa shape index (κ3) is 4.35. The average Bonchev–Trinajstić information content (AvgIpc) is 3.59. The van der Waals surface area contributed by atoms with Crippen LogP contribution in [0.1, 0.15) is 64.2 Å². The van der Waals surface area contributed by atoms with E-state index in [1.54, 1.807) is 36.3 Å². The van der Waals surface area contributed by atoms with Crippen LogP contribution in [0.15, 0.2) is 48.5 Å². The summed E-state index contributed by atoms with van der Waals surface area (Å²) >= 11 is 0. The Labute approximate surface area is 222 Å². The Kier molecular flexibility index (Phi) is 7.23. The number of aliphatic hydroxyl groups is 1. The van der Waals surface area contributed by atoms with Crippen LogP contribution in [0, 0.1) is 0 Å². The van der Waals surface area contributed by atoms with E-state index < -0.39 is 5.91 Å². The van der Waals surface area contributed by atoms with Crippen LogP contribution in [0.3, 0.4) is 0 Å². The first-order chi connectivity index (χ1) is 18.4. The molecule has 3 aromatic rings. The van der Waals surface area contributed by atoms with E-state index in [4.69, 9.17) is 10.5 Å². The number of carbonyl (C=O) groups excluding carboxylic acids is 2. The number of aliphatic hydroxyl groups excluding tert-OH is 1. The Morgan fingerprint density at radius 1 is 1.13 bits per heavy atom. The van der Waals surface area contributed by atoms with Gasteiger partial charge < -0.3 is 25.8 Å². The standard InChI is InChI=1S/C29H35N5O4/c1-31-24(14-18-35)29(15-3-4-16-29)19-5-7-20(8-6-19)33-17-13-23-25(27(30)36)32-34(26(23)28(33)37)21-9-11-22(38-2)12-10-21/h5-12,24,31,35H,3-4,13-18H2,1-2H3,(H2,30,36). The Hall–Kier alpha value is -3.69. The number of benzene rings is 2. The highest BCUT2D eigenvalue weighted by Crippen LogP contribution is 2.45. The van der Waals surface area contributed by atoms with Crippen molar-refractivity contribution in [3.8, 4) is 11.4 Å². The maximum atomic E-state index is 13.9. The normalized spacial score (nSPS) is 17.3. The van der Waals surface area contributed by atoms with E-state index in [2.05, 4.69) is 22.5 Å². The van der Waals surface area contributed by atoms with Gasteiger partial charge >= 0.3 is 0 Å². The number of fused-ring (bicyclic) bond motifs is 1. The first kappa shape index (κ1) is 25.9. The van der Waals surface area contributed by atoms with Crippen molar-refractivity contribution < 1.29 is 19.4 Å². The molecule has 2 heterocycles. The van der Waals surface area contributed by atoms with Gasteiger partial charge in [-0.3, -0.25) is 9.59 Å². The molecule has 1 saturated carbocycles. The number of aromatic nitrogens is 2. The lowest BCUT2D eigenvalue weighted by Crippen LogP contribution is -2.46. The van der Waals surface area contributed by atoms with Crippen molar-refractivity contribution in [3.63, 3.8) is 0 Å². The quantitative estimate of drug-likeness (QED) is 0.401. The summed E-state index contributed by atoms with van der Waals surface area (Å²) in [6, 6.07) is 15.6. The molecule has 5 rings (SSSR count). The van der Waals surface area contributed by atoms with Gasteiger partial charge in [-0.2, -0.15) is 5.10 Å². The van der Waals surface area contributed by atoms with Crippen molar-refractivity contribution in [2.24, 2.45) is 5.73 Å². The van der Waals surface area contributed by atoms with Gasteiger partial charge in [0.25, 0.3) is 11.8 Å². The molecule has 1 aromatic heterocycles. The molecule has 4 N–H and O–H groups in total. The van der Waals surface area contributed by atoms with Gasteiger partial charge in [-0.25, -0.2) is 4.68 Å². The number of primary amides is 1. The van der Waals surface area contributed by atoms with E-state index in [1.165, 1.54) is 10.2 Å². The van der Waals surface area contributed by atoms with Gasteiger partial charge in [0.15, 0.2) is 5.69 Å². The second-order valence-electron chi connectivity index (χ2n) is 10.1. The van der Waals surface area contributed by atoms with Crippen molar-refractivity contribution in [1.29, 1.82) is 0 Å². The highest BCUT2D eigenvalue weighted by Gasteiger charge is 2.42. The summed E-state index contributed by atoms with van der Waals surface area (Å²) in [5.41, 5.74) is 9.33. The lowest BCUT2D eigenvalue weighted by molar-refractivity contribution is 0.0972. The van der Waals surface area contributed by atoms with Gasteiger partial charge in [0.1, 0.15) is 11.4 Å². The lowest BCUT2D eigenvalue weighted by Gasteiger charge is -2.38. The zero-order valence-corrected chi connectivity index (χ0v) is 21.9. The van der Waals surface area contributed by atoms with Gasteiger partial charge in [-0.15, -0.1) is 0 Å². The van der Waals surface area contributed by atoms with E-state index >= 15 is 0 Å². The molecule has 0 spiro atoms. The molecular weight excluding hydrogens is 482 g/mol. The molecule has 0 bridgehead atoms. The number of amides is 2. The summed E-state index contributed by atoms with van der Waals surface area (Å²) in [4.78, 5) is 27.8. The number of carbonyl (C=O) groups is 2. The van der Waals surface area contributed by atoms with Crippen molar-refractivity contribution >= 4 is 17.5 Å². The van der Waals surface area contributed by atoms with Crippen LogP contribution in [0.25, 0.3) is 5.69 Å². The second kappa shape index (κ2) is 10.6. The largest absolute Gasteiger partial charge is 0.497 e. The fraction of sp³-hybridized carbons (Fsp3) is 0.414. The molecular formula is C29H35N5O4. The Bertz CT molecular complexity index is 1310. The third-order valence-electron chi connectivity index (χ3n) is 8.25. The second-order valence-corrected chi connectivity index (χ2v) is 10.1. The SMILES string of the molecule is CNC(CCO)C1(c2ccc(N3CCc4c(C(N)=O)nn(-c5ccc(OC)cc5)c4C3=O)cc2)CCCC1. The van der Waals surface area contributed by atoms with Gasteiger partial charge in [0, 0.05) is 35.9 Å². The Morgan fingerprint density at radius 2 is 1.79 bits per heavy atom. The van der Waals surface area contributed by atoms with Crippen LogP contribution in [0.5, 0.6) is 5.75 Å². The number of hydrogen-bond acceptors (Lipinski definition) is 6. The molecule has 1 aliphatic carbocycles. The number of nitrogens with zero attached hydrogens (tertiary/aromatic N) is 3. The third-order valence-corrected chi connectivity index (χ3v) is 8.25. The molecule has 38 heavy (non-hydrogen) atoms. The minimum Gasteiger partial charge on any atom is -0.497 e. The first-order valence-electron chi connectivity index (χ1n) is 13.2. The summed E-state index contributed by atoms with van der Waals surface area (Å²) in [5.74, 6) is -0.195. The van der Waals surface area contributed by atoms with Crippen LogP contribution >= 0.6 is 0 Å². The molecule has 2 aliphatic rings. The molecule has 0 saturated heterocycles. The maximum absolute atomic E-state index is 13.9. The van der Waals surface area contributed by atoms with Gasteiger partial charge in [-0.1, -0.05) is 25.0 Å². The molecule has 1 atom stereocenters. The summed E-state index contributed by atoms with van der Waals surface area (Å²) in [7, 11) is 3.55. The molecule has 1 fully saturated rings. The number of nitrogens with one attached hydrogen (secondary N) is 1. The lowest BCUT2D eigenvalue weighted by atomic mass is 9.71. The Balaban J connectivity index is 1.49. The highest BCUT2D eigenvalue weighted by atomic mass is 16.5. The molecule has 200 valence electrons. The Morgan fingerprint density at radius 3 is 2.37 bits per heavy atom. The topological polar surface area (TPSA) is 123 Å². The number of methoxy groups -OCH3 is 1. The fourth-order valence-corrected chi connectivity index (χ4v) is 6.36. The number of anilines is 1. The predicted octanol–water partition coefficient (Wildman–Crippen LogP) is 2.96. The minimum absolute atomic E-state index is 0.0293. The van der Waals surface area contributed by atoms with Crippen LogP contribution in [0.2, 0.25) is 0 Å². The van der Waals surface area contributed by atoms with E-state index in [9.17, 15) is 14.7 Å². The van der Waals surface area contributed by atoms with E-state index in [1.807, 2.05) is 19.2 Å². The summed E-state index contributed by atoms with van der Waals surface area (Å²) in [6.45, 7) is 0.569. The van der Waals surface area contributed by atoms with Crippen LogP contribution in [0.4, 0.5) is 5.69 Å². The molecule has 9 heteroatoms. The van der Waals surface area contributed by atoms with Crippen LogP contribution in [-0.4, -0.2) is 60.1 Å². The smallest absolute Gasteiger partial charge is 0.277 e. The number of ether oxygens (including phenoxy) is 1. The van der Waals surface area contributed by atoms with Crippen molar-refractivity contribution in [1.82, 2.24) is 15.1 Å². The molecule has 0 radical (unpaired) electrons. The van der Waals surface area contributed by atoms with E-state index in [0.29, 0.717) is 42.1 Å². The van der Waals surface area contributed by atoms with Crippen molar-refractivity contribution in [3.05, 3.63) is 71.0 Å². The van der Waals surface area contributed by atoms with Gasteiger partial charge in [0.2, 0.25) is 0 Å². The molecule has 2 aromatic carbocycles. The average molecular weight is 518 g/mol. The molecule has 2 amide bonds. The zero-order valence-electron chi connectivity index (χ0n) is 21.9. The van der Waals surface area contributed by atoms with E-state index in [0.717, 1.165) is 31.4 Å². The number of rotatable bonds is 9. The zero-order chi connectivity index (χ0) is 26.9. The summed E-state index contributed by atoms with van der Waals surface area (Å²) in [6.07, 6.45) is 5.64. The predicted molar refractivity (Wildman–Crippen MR) is 145 cm³/mol. The molecule has 1 unspecified atom stereocenters. The van der Waals surface area contributed by atoms with Crippen molar-refractivity contribution in [2.75, 3.05) is 32.2 Å². The number of hydrogen-bond donors (Lipinski definition) is 3.